The molecule has 0 spiro atoms. The molecule has 0 unspecified atom stereocenters. The molecule has 0 amide bonds. The monoisotopic (exact) mass is 171 g/mol. The molecule has 0 aromatic heterocycles. The zero-order valence-electron chi connectivity index (χ0n) is 8.60. The summed E-state index contributed by atoms with van der Waals surface area (Å²) in [4.78, 5) is 2.49. The maximum Gasteiger partial charge on any atom is 0.0589 e. The Morgan fingerprint density at radius 2 is 1.83 bits per heavy atom. The zero-order chi connectivity index (χ0) is 9.03. The Morgan fingerprint density at radius 1 is 1.25 bits per heavy atom. The average Bonchev–Trinajstić information content (AvgIpc) is 2.03. The standard InChI is InChI=1S/C10H21NO/c1-10(2)4-6-11(7-5-10)8-9-12-3/h4-9H2,1-3H3. The van der Waals surface area contributed by atoms with Crippen LogP contribution in [0.25, 0.3) is 0 Å². The van der Waals surface area contributed by atoms with Crippen molar-refractivity contribution in [2.45, 2.75) is 26.7 Å². The van der Waals surface area contributed by atoms with E-state index in [4.69, 9.17) is 4.74 Å². The molecule has 0 aromatic carbocycles. The molecule has 2 heteroatoms. The lowest BCUT2D eigenvalue weighted by Gasteiger charge is -2.36. The highest BCUT2D eigenvalue weighted by Gasteiger charge is 2.24. The Morgan fingerprint density at radius 3 is 2.33 bits per heavy atom. The SMILES string of the molecule is COCCN1CCC(C)(C)CC1. The lowest BCUT2D eigenvalue weighted by molar-refractivity contribution is 0.0954. The predicted molar refractivity (Wildman–Crippen MR) is 51.3 cm³/mol. The van der Waals surface area contributed by atoms with Crippen LogP contribution in [0.4, 0.5) is 0 Å². The van der Waals surface area contributed by atoms with E-state index in [-0.39, 0.29) is 0 Å². The van der Waals surface area contributed by atoms with Gasteiger partial charge in [0.1, 0.15) is 0 Å². The van der Waals surface area contributed by atoms with Gasteiger partial charge in [-0.15, -0.1) is 0 Å². The maximum atomic E-state index is 5.05. The fraction of sp³-hybridized carbons (Fsp3) is 1.00. The van der Waals surface area contributed by atoms with Gasteiger partial charge in [0.05, 0.1) is 6.61 Å². The molecule has 0 aromatic rings. The number of ether oxygens (including phenoxy) is 1. The summed E-state index contributed by atoms with van der Waals surface area (Å²) < 4.78 is 5.05. The number of nitrogens with zero attached hydrogens (tertiary/aromatic N) is 1. The largest absolute Gasteiger partial charge is 0.383 e. The molecule has 0 N–H and O–H groups in total. The highest BCUT2D eigenvalue weighted by molar-refractivity contribution is 4.78. The third-order valence-electron chi connectivity index (χ3n) is 2.82. The molecule has 0 saturated carbocycles. The van der Waals surface area contributed by atoms with E-state index in [1.54, 1.807) is 7.11 Å². The fourth-order valence-electron chi connectivity index (χ4n) is 1.60. The van der Waals surface area contributed by atoms with Gasteiger partial charge in [-0.25, -0.2) is 0 Å². The lowest BCUT2D eigenvalue weighted by atomic mass is 9.83. The van der Waals surface area contributed by atoms with Gasteiger partial charge in [-0.1, -0.05) is 13.8 Å². The Bertz CT molecular complexity index is 124. The Kier molecular flexibility index (Phi) is 3.53. The Balaban J connectivity index is 2.18. The van der Waals surface area contributed by atoms with Crippen molar-refractivity contribution in [3.63, 3.8) is 0 Å². The van der Waals surface area contributed by atoms with Gasteiger partial charge in [-0.2, -0.15) is 0 Å². The summed E-state index contributed by atoms with van der Waals surface area (Å²) in [5.41, 5.74) is 0.573. The first-order chi connectivity index (χ1) is 5.64. The molecule has 1 heterocycles. The summed E-state index contributed by atoms with van der Waals surface area (Å²) in [6.07, 6.45) is 2.66. The smallest absolute Gasteiger partial charge is 0.0589 e. The number of hydrogen-bond acceptors (Lipinski definition) is 2. The highest BCUT2D eigenvalue weighted by atomic mass is 16.5. The summed E-state index contributed by atoms with van der Waals surface area (Å²) in [7, 11) is 1.77. The first-order valence-corrected chi connectivity index (χ1v) is 4.85. The van der Waals surface area contributed by atoms with Crippen LogP contribution >= 0.6 is 0 Å². The second-order valence-electron chi connectivity index (χ2n) is 4.50. The molecule has 2 nitrogen and oxygen atoms in total. The van der Waals surface area contributed by atoms with Crippen LogP contribution in [-0.4, -0.2) is 38.3 Å². The molecule has 1 aliphatic rings. The molecule has 0 aliphatic carbocycles. The van der Waals surface area contributed by atoms with Crippen molar-refractivity contribution in [3.05, 3.63) is 0 Å². The molecule has 0 atom stereocenters. The van der Waals surface area contributed by atoms with Crippen LogP contribution in [0.3, 0.4) is 0 Å². The lowest BCUT2D eigenvalue weighted by Crippen LogP contribution is -2.38. The second-order valence-corrected chi connectivity index (χ2v) is 4.50. The third kappa shape index (κ3) is 3.11. The summed E-state index contributed by atoms with van der Waals surface area (Å²) in [5.74, 6) is 0. The fourth-order valence-corrected chi connectivity index (χ4v) is 1.60. The maximum absolute atomic E-state index is 5.05. The quantitative estimate of drug-likeness (QED) is 0.641. The molecule has 1 saturated heterocycles. The van der Waals surface area contributed by atoms with Crippen LogP contribution in [-0.2, 0) is 4.74 Å². The molecule has 72 valence electrons. The minimum absolute atomic E-state index is 0.573. The van der Waals surface area contributed by atoms with Crippen molar-refractivity contribution >= 4 is 0 Å². The van der Waals surface area contributed by atoms with E-state index in [0.29, 0.717) is 5.41 Å². The molecule has 1 rings (SSSR count). The number of hydrogen-bond donors (Lipinski definition) is 0. The van der Waals surface area contributed by atoms with Gasteiger partial charge in [0.2, 0.25) is 0 Å². The van der Waals surface area contributed by atoms with Crippen molar-refractivity contribution in [1.29, 1.82) is 0 Å². The van der Waals surface area contributed by atoms with Crippen LogP contribution in [0.5, 0.6) is 0 Å². The van der Waals surface area contributed by atoms with E-state index in [0.717, 1.165) is 13.2 Å². The van der Waals surface area contributed by atoms with Gasteiger partial charge in [0.15, 0.2) is 0 Å². The summed E-state index contributed by atoms with van der Waals surface area (Å²) in [6, 6.07) is 0. The van der Waals surface area contributed by atoms with Gasteiger partial charge < -0.3 is 9.64 Å². The van der Waals surface area contributed by atoms with Crippen molar-refractivity contribution in [2.24, 2.45) is 5.41 Å². The van der Waals surface area contributed by atoms with E-state index in [1.165, 1.54) is 25.9 Å². The van der Waals surface area contributed by atoms with Crippen LogP contribution < -0.4 is 0 Å². The van der Waals surface area contributed by atoms with Gasteiger partial charge >= 0.3 is 0 Å². The number of piperidine rings is 1. The summed E-state index contributed by atoms with van der Waals surface area (Å²) >= 11 is 0. The van der Waals surface area contributed by atoms with Crippen molar-refractivity contribution in [1.82, 2.24) is 4.90 Å². The van der Waals surface area contributed by atoms with E-state index >= 15 is 0 Å². The normalized spacial score (nSPS) is 24.2. The number of rotatable bonds is 3. The molecular formula is C10H21NO. The summed E-state index contributed by atoms with van der Waals surface area (Å²) in [5, 5.41) is 0. The topological polar surface area (TPSA) is 12.5 Å². The van der Waals surface area contributed by atoms with Crippen molar-refractivity contribution in [2.75, 3.05) is 33.4 Å². The van der Waals surface area contributed by atoms with Gasteiger partial charge in [0.25, 0.3) is 0 Å². The van der Waals surface area contributed by atoms with Crippen LogP contribution in [0.2, 0.25) is 0 Å². The third-order valence-corrected chi connectivity index (χ3v) is 2.82. The minimum atomic E-state index is 0.573. The average molecular weight is 171 g/mol. The van der Waals surface area contributed by atoms with Crippen LogP contribution in [0.15, 0.2) is 0 Å². The Labute approximate surface area is 75.9 Å². The number of likely N-dealkylation sites (tertiary alicyclic amines) is 1. The molecule has 1 fully saturated rings. The van der Waals surface area contributed by atoms with E-state index in [2.05, 4.69) is 18.7 Å². The predicted octanol–water partition coefficient (Wildman–Crippen LogP) is 1.75. The van der Waals surface area contributed by atoms with E-state index in [1.807, 2.05) is 0 Å². The van der Waals surface area contributed by atoms with Gasteiger partial charge in [0, 0.05) is 13.7 Å². The zero-order valence-corrected chi connectivity index (χ0v) is 8.60. The number of methoxy groups -OCH3 is 1. The van der Waals surface area contributed by atoms with Gasteiger partial charge in [-0.3, -0.25) is 0 Å². The first kappa shape index (κ1) is 10.0. The van der Waals surface area contributed by atoms with Crippen molar-refractivity contribution in [3.8, 4) is 0 Å². The molecule has 0 radical (unpaired) electrons. The van der Waals surface area contributed by atoms with Crippen LogP contribution in [0.1, 0.15) is 26.7 Å². The Hall–Kier alpha value is -0.0800. The first-order valence-electron chi connectivity index (χ1n) is 4.85. The molecule has 1 aliphatic heterocycles. The van der Waals surface area contributed by atoms with Crippen molar-refractivity contribution < 1.29 is 4.74 Å². The van der Waals surface area contributed by atoms with Gasteiger partial charge in [-0.05, 0) is 31.3 Å². The minimum Gasteiger partial charge on any atom is -0.383 e. The highest BCUT2D eigenvalue weighted by Crippen LogP contribution is 2.29. The molecular weight excluding hydrogens is 150 g/mol. The second kappa shape index (κ2) is 4.24. The molecule has 0 bridgehead atoms. The van der Waals surface area contributed by atoms with E-state index in [9.17, 15) is 0 Å². The summed E-state index contributed by atoms with van der Waals surface area (Å²) in [6.45, 7) is 9.20. The molecule has 12 heavy (non-hydrogen) atoms. The van der Waals surface area contributed by atoms with E-state index < -0.39 is 0 Å². The van der Waals surface area contributed by atoms with Crippen LogP contribution in [0, 0.1) is 5.41 Å².